The number of rotatable bonds is 3. The molecule has 144 valence electrons. The summed E-state index contributed by atoms with van der Waals surface area (Å²) >= 11 is 1.47. The van der Waals surface area contributed by atoms with Crippen LogP contribution < -0.4 is 5.32 Å². The van der Waals surface area contributed by atoms with Gasteiger partial charge in [0.25, 0.3) is 11.8 Å². The first-order valence-corrected chi connectivity index (χ1v) is 9.83. The smallest absolute Gasteiger partial charge is 0.289 e. The lowest BCUT2D eigenvalue weighted by atomic mass is 10.0. The van der Waals surface area contributed by atoms with Crippen LogP contribution in [0.2, 0.25) is 0 Å². The number of aromatic nitrogens is 4. The van der Waals surface area contributed by atoms with Crippen molar-refractivity contribution in [3.05, 3.63) is 27.7 Å². The molecule has 2 aromatic heterocycles. The second-order valence-corrected chi connectivity index (χ2v) is 8.42. The Kier molecular flexibility index (Phi) is 4.47. The van der Waals surface area contributed by atoms with Crippen LogP contribution in [0.1, 0.15) is 52.2 Å². The highest BCUT2D eigenvalue weighted by Gasteiger charge is 2.45. The SMILES string of the molecule is Cc1nc(C(=O)N2CCC3(C2)Cn2c(nnc2C(=O)NC(C)C)CO3)cs1. The van der Waals surface area contributed by atoms with E-state index in [1.165, 1.54) is 11.3 Å². The van der Waals surface area contributed by atoms with Gasteiger partial charge in [-0.2, -0.15) is 0 Å². The number of nitrogens with zero attached hydrogens (tertiary/aromatic N) is 5. The Morgan fingerprint density at radius 3 is 2.85 bits per heavy atom. The van der Waals surface area contributed by atoms with Crippen LogP contribution in [0.4, 0.5) is 0 Å². The molecule has 2 amide bonds. The highest BCUT2D eigenvalue weighted by Crippen LogP contribution is 2.33. The van der Waals surface area contributed by atoms with E-state index in [0.717, 1.165) is 5.01 Å². The molecule has 9 nitrogen and oxygen atoms in total. The molecule has 4 heterocycles. The van der Waals surface area contributed by atoms with E-state index < -0.39 is 5.60 Å². The number of nitrogens with one attached hydrogen (secondary N) is 1. The normalized spacial score (nSPS) is 21.7. The number of amides is 2. The van der Waals surface area contributed by atoms with Crippen molar-refractivity contribution in [2.45, 2.75) is 52.0 Å². The minimum atomic E-state index is -0.525. The van der Waals surface area contributed by atoms with Gasteiger partial charge in [-0.3, -0.25) is 9.59 Å². The number of hydrogen-bond acceptors (Lipinski definition) is 7. The van der Waals surface area contributed by atoms with Crippen LogP contribution in [0.25, 0.3) is 0 Å². The van der Waals surface area contributed by atoms with E-state index in [1.807, 2.05) is 25.3 Å². The van der Waals surface area contributed by atoms with Gasteiger partial charge in [-0.15, -0.1) is 21.5 Å². The van der Waals surface area contributed by atoms with Gasteiger partial charge in [0.15, 0.2) is 5.82 Å². The van der Waals surface area contributed by atoms with E-state index in [0.29, 0.717) is 43.4 Å². The Balaban J connectivity index is 1.52. The zero-order valence-electron chi connectivity index (χ0n) is 15.6. The average Bonchev–Trinajstić information content (AvgIpc) is 3.32. The first kappa shape index (κ1) is 18.1. The molecule has 1 saturated heterocycles. The zero-order valence-corrected chi connectivity index (χ0v) is 16.4. The quantitative estimate of drug-likeness (QED) is 0.839. The summed E-state index contributed by atoms with van der Waals surface area (Å²) in [4.78, 5) is 31.2. The fourth-order valence-corrected chi connectivity index (χ4v) is 4.13. The second-order valence-electron chi connectivity index (χ2n) is 7.35. The lowest BCUT2D eigenvalue weighted by Gasteiger charge is -2.34. The Hall–Kier alpha value is -2.33. The molecule has 4 rings (SSSR count). The monoisotopic (exact) mass is 390 g/mol. The van der Waals surface area contributed by atoms with Gasteiger partial charge in [0.1, 0.15) is 17.9 Å². The van der Waals surface area contributed by atoms with Gasteiger partial charge in [0.2, 0.25) is 5.82 Å². The summed E-state index contributed by atoms with van der Waals surface area (Å²) in [5, 5.41) is 13.6. The van der Waals surface area contributed by atoms with Gasteiger partial charge in [-0.1, -0.05) is 0 Å². The maximum absolute atomic E-state index is 12.7. The van der Waals surface area contributed by atoms with E-state index in [-0.39, 0.29) is 24.5 Å². The maximum atomic E-state index is 12.7. The van der Waals surface area contributed by atoms with Crippen molar-refractivity contribution >= 4 is 23.2 Å². The molecule has 10 heteroatoms. The van der Waals surface area contributed by atoms with Crippen LogP contribution in [-0.4, -0.2) is 61.2 Å². The van der Waals surface area contributed by atoms with Crippen molar-refractivity contribution in [2.24, 2.45) is 0 Å². The summed E-state index contributed by atoms with van der Waals surface area (Å²) in [6.07, 6.45) is 0.699. The van der Waals surface area contributed by atoms with Crippen molar-refractivity contribution in [3.8, 4) is 0 Å². The predicted octanol–water partition coefficient (Wildman–Crippen LogP) is 0.996. The molecule has 0 radical (unpaired) electrons. The first-order valence-electron chi connectivity index (χ1n) is 8.95. The maximum Gasteiger partial charge on any atom is 0.289 e. The number of carbonyl (C=O) groups is 2. The van der Waals surface area contributed by atoms with Crippen LogP contribution in [0.3, 0.4) is 0 Å². The fraction of sp³-hybridized carbons (Fsp3) is 0.588. The van der Waals surface area contributed by atoms with Crippen LogP contribution >= 0.6 is 11.3 Å². The van der Waals surface area contributed by atoms with E-state index in [1.54, 1.807) is 10.3 Å². The molecular formula is C17H22N6O3S. The molecule has 0 saturated carbocycles. The third-order valence-corrected chi connectivity index (χ3v) is 5.62. The summed E-state index contributed by atoms with van der Waals surface area (Å²) in [7, 11) is 0. The molecule has 0 bridgehead atoms. The van der Waals surface area contributed by atoms with Gasteiger partial charge in [0, 0.05) is 18.0 Å². The van der Waals surface area contributed by atoms with Crippen LogP contribution in [-0.2, 0) is 17.9 Å². The lowest BCUT2D eigenvalue weighted by Crippen LogP contribution is -2.46. The van der Waals surface area contributed by atoms with Crippen molar-refractivity contribution in [1.82, 2.24) is 30.0 Å². The van der Waals surface area contributed by atoms with E-state index in [4.69, 9.17) is 4.74 Å². The van der Waals surface area contributed by atoms with Crippen LogP contribution in [0, 0.1) is 6.92 Å². The summed E-state index contributed by atoms with van der Waals surface area (Å²) in [6, 6.07) is 0.0143. The molecule has 27 heavy (non-hydrogen) atoms. The van der Waals surface area contributed by atoms with Crippen LogP contribution in [0.5, 0.6) is 0 Å². The highest BCUT2D eigenvalue weighted by atomic mass is 32.1. The minimum absolute atomic E-state index is 0.0143. The van der Waals surface area contributed by atoms with E-state index >= 15 is 0 Å². The Labute approximate surface area is 160 Å². The van der Waals surface area contributed by atoms with Gasteiger partial charge < -0.3 is 19.5 Å². The third kappa shape index (κ3) is 3.34. The highest BCUT2D eigenvalue weighted by molar-refractivity contribution is 7.09. The average molecular weight is 390 g/mol. The number of hydrogen-bond donors (Lipinski definition) is 1. The third-order valence-electron chi connectivity index (χ3n) is 4.85. The Morgan fingerprint density at radius 1 is 1.33 bits per heavy atom. The van der Waals surface area contributed by atoms with Crippen LogP contribution in [0.15, 0.2) is 5.38 Å². The molecule has 1 atom stereocenters. The molecule has 0 aliphatic carbocycles. The largest absolute Gasteiger partial charge is 0.363 e. The molecule has 2 aliphatic rings. The van der Waals surface area contributed by atoms with Crippen molar-refractivity contribution in [2.75, 3.05) is 13.1 Å². The number of ether oxygens (including phenoxy) is 1. The van der Waals surface area contributed by atoms with Crippen molar-refractivity contribution < 1.29 is 14.3 Å². The summed E-state index contributed by atoms with van der Waals surface area (Å²) in [5.74, 6) is 0.604. The predicted molar refractivity (Wildman–Crippen MR) is 97.5 cm³/mol. The first-order chi connectivity index (χ1) is 12.9. The molecule has 2 aromatic rings. The summed E-state index contributed by atoms with van der Waals surface area (Å²) in [5.41, 5.74) is -0.0458. The molecule has 1 spiro atoms. The van der Waals surface area contributed by atoms with E-state index in [9.17, 15) is 9.59 Å². The van der Waals surface area contributed by atoms with Gasteiger partial charge in [-0.05, 0) is 27.2 Å². The number of thiazole rings is 1. The fourth-order valence-electron chi connectivity index (χ4n) is 3.54. The van der Waals surface area contributed by atoms with Gasteiger partial charge in [0.05, 0.1) is 18.1 Å². The summed E-state index contributed by atoms with van der Waals surface area (Å²) < 4.78 is 7.90. The summed E-state index contributed by atoms with van der Waals surface area (Å²) in [6.45, 7) is 7.48. The Bertz CT molecular complexity index is 891. The second kappa shape index (κ2) is 6.68. The van der Waals surface area contributed by atoms with Crippen molar-refractivity contribution in [1.29, 1.82) is 0 Å². The molecule has 1 N–H and O–H groups in total. The number of likely N-dealkylation sites (tertiary alicyclic amines) is 1. The molecular weight excluding hydrogens is 368 g/mol. The van der Waals surface area contributed by atoms with Gasteiger partial charge in [-0.25, -0.2) is 4.98 Å². The van der Waals surface area contributed by atoms with Crippen molar-refractivity contribution in [3.63, 3.8) is 0 Å². The number of fused-ring (bicyclic) bond motifs is 1. The molecule has 0 aromatic carbocycles. The number of carbonyl (C=O) groups excluding carboxylic acids is 2. The number of aryl methyl sites for hydroxylation is 1. The zero-order chi connectivity index (χ0) is 19.2. The molecule has 1 fully saturated rings. The molecule has 1 unspecified atom stereocenters. The van der Waals surface area contributed by atoms with E-state index in [2.05, 4.69) is 20.5 Å². The topological polar surface area (TPSA) is 102 Å². The standard InChI is InChI=1S/C17H22N6O3S/c1-10(2)18-15(24)14-21-20-13-6-26-17(9-23(13)14)4-5-22(8-17)16(25)12-7-27-11(3)19-12/h7,10H,4-6,8-9H2,1-3H3,(H,18,24). The minimum Gasteiger partial charge on any atom is -0.363 e. The van der Waals surface area contributed by atoms with Gasteiger partial charge >= 0.3 is 0 Å². The molecule has 2 aliphatic heterocycles. The lowest BCUT2D eigenvalue weighted by molar-refractivity contribution is -0.0812. The Morgan fingerprint density at radius 2 is 2.15 bits per heavy atom.